The third-order valence-corrected chi connectivity index (χ3v) is 2.64. The molecule has 0 amide bonds. The quantitative estimate of drug-likeness (QED) is 0.657. The Morgan fingerprint density at radius 3 is 2.29 bits per heavy atom. The fourth-order valence-electron chi connectivity index (χ4n) is 1.74. The van der Waals surface area contributed by atoms with Crippen LogP contribution in [0.3, 0.4) is 0 Å². The molecule has 0 fully saturated rings. The Morgan fingerprint density at radius 2 is 1.88 bits per heavy atom. The number of carbonyl (C=O) groups is 1. The summed E-state index contributed by atoms with van der Waals surface area (Å²) < 4.78 is 4.95. The Bertz CT molecular complexity index is 217. The molecule has 0 aromatic rings. The van der Waals surface area contributed by atoms with Crippen LogP contribution in [-0.2, 0) is 9.53 Å². The SMILES string of the molecule is CCOC(=O)CC(C)NC(CN(C)C)C(C)C. The lowest BCUT2D eigenvalue weighted by atomic mass is 10.0. The molecule has 0 radical (unpaired) electrons. The fraction of sp³-hybridized carbons (Fsp3) is 0.923. The average Bonchev–Trinajstić information content (AvgIpc) is 2.15. The van der Waals surface area contributed by atoms with Gasteiger partial charge in [0.15, 0.2) is 0 Å². The molecule has 0 aromatic carbocycles. The number of likely N-dealkylation sites (N-methyl/N-ethyl adjacent to an activating group) is 1. The van der Waals surface area contributed by atoms with Crippen LogP contribution in [0.2, 0.25) is 0 Å². The van der Waals surface area contributed by atoms with E-state index in [0.29, 0.717) is 25.0 Å². The third-order valence-electron chi connectivity index (χ3n) is 2.64. The Morgan fingerprint density at radius 1 is 1.29 bits per heavy atom. The van der Waals surface area contributed by atoms with Crippen molar-refractivity contribution >= 4 is 5.97 Å². The van der Waals surface area contributed by atoms with Gasteiger partial charge in [0.2, 0.25) is 0 Å². The number of carbonyl (C=O) groups excluding carboxylic acids is 1. The second-order valence-corrected chi connectivity index (χ2v) is 5.19. The van der Waals surface area contributed by atoms with Crippen LogP contribution < -0.4 is 5.32 Å². The van der Waals surface area contributed by atoms with Crippen LogP contribution in [0.5, 0.6) is 0 Å². The molecule has 0 spiro atoms. The molecule has 0 saturated heterocycles. The van der Waals surface area contributed by atoms with E-state index >= 15 is 0 Å². The summed E-state index contributed by atoms with van der Waals surface area (Å²) >= 11 is 0. The van der Waals surface area contributed by atoms with Gasteiger partial charge < -0.3 is 15.0 Å². The molecule has 4 nitrogen and oxygen atoms in total. The highest BCUT2D eigenvalue weighted by Gasteiger charge is 2.18. The summed E-state index contributed by atoms with van der Waals surface area (Å²) in [5, 5.41) is 3.49. The van der Waals surface area contributed by atoms with Crippen molar-refractivity contribution in [1.29, 1.82) is 0 Å². The van der Waals surface area contributed by atoms with Gasteiger partial charge in [-0.1, -0.05) is 13.8 Å². The zero-order chi connectivity index (χ0) is 13.4. The maximum absolute atomic E-state index is 11.4. The Kier molecular flexibility index (Phi) is 8.17. The van der Waals surface area contributed by atoms with Crippen molar-refractivity contribution < 1.29 is 9.53 Å². The average molecular weight is 244 g/mol. The maximum atomic E-state index is 11.4. The molecule has 0 saturated carbocycles. The van der Waals surface area contributed by atoms with E-state index in [2.05, 4.69) is 38.2 Å². The normalized spacial score (nSPS) is 15.1. The van der Waals surface area contributed by atoms with Gasteiger partial charge in [0.1, 0.15) is 0 Å². The largest absolute Gasteiger partial charge is 0.466 e. The van der Waals surface area contributed by atoms with Crippen molar-refractivity contribution in [3.8, 4) is 0 Å². The molecule has 1 N–H and O–H groups in total. The molecule has 102 valence electrons. The van der Waals surface area contributed by atoms with Gasteiger partial charge in [-0.25, -0.2) is 0 Å². The number of ether oxygens (including phenoxy) is 1. The molecule has 0 aliphatic heterocycles. The molecule has 0 aliphatic carbocycles. The topological polar surface area (TPSA) is 41.6 Å². The summed E-state index contributed by atoms with van der Waals surface area (Å²) in [4.78, 5) is 13.5. The number of hydrogen-bond acceptors (Lipinski definition) is 4. The van der Waals surface area contributed by atoms with E-state index in [1.165, 1.54) is 0 Å². The molecule has 2 unspecified atom stereocenters. The Hall–Kier alpha value is -0.610. The highest BCUT2D eigenvalue weighted by atomic mass is 16.5. The molecule has 0 aromatic heterocycles. The van der Waals surface area contributed by atoms with Gasteiger partial charge in [-0.3, -0.25) is 4.79 Å². The smallest absolute Gasteiger partial charge is 0.307 e. The first-order valence-corrected chi connectivity index (χ1v) is 6.43. The molecular weight excluding hydrogens is 216 g/mol. The number of hydrogen-bond donors (Lipinski definition) is 1. The predicted octanol–water partition coefficient (Wildman–Crippen LogP) is 1.50. The molecule has 4 heteroatoms. The van der Waals surface area contributed by atoms with Gasteiger partial charge in [-0.05, 0) is 33.9 Å². The van der Waals surface area contributed by atoms with Gasteiger partial charge in [0.05, 0.1) is 13.0 Å². The second-order valence-electron chi connectivity index (χ2n) is 5.19. The van der Waals surface area contributed by atoms with Crippen molar-refractivity contribution in [2.24, 2.45) is 5.92 Å². The highest BCUT2D eigenvalue weighted by molar-refractivity contribution is 5.70. The number of nitrogens with one attached hydrogen (secondary N) is 1. The zero-order valence-corrected chi connectivity index (χ0v) is 12.1. The van der Waals surface area contributed by atoms with Crippen molar-refractivity contribution in [2.45, 2.75) is 46.2 Å². The van der Waals surface area contributed by atoms with E-state index in [1.807, 2.05) is 13.8 Å². The number of rotatable bonds is 8. The van der Waals surface area contributed by atoms with Gasteiger partial charge >= 0.3 is 5.97 Å². The molecule has 2 atom stereocenters. The van der Waals surface area contributed by atoms with Crippen molar-refractivity contribution in [3.63, 3.8) is 0 Å². The summed E-state index contributed by atoms with van der Waals surface area (Å²) in [5.74, 6) is 0.418. The van der Waals surface area contributed by atoms with Crippen molar-refractivity contribution in [2.75, 3.05) is 27.2 Å². The molecule has 17 heavy (non-hydrogen) atoms. The molecule has 0 aliphatic rings. The Balaban J connectivity index is 4.11. The van der Waals surface area contributed by atoms with E-state index in [4.69, 9.17) is 4.74 Å². The second kappa shape index (κ2) is 8.48. The van der Waals surface area contributed by atoms with Crippen molar-refractivity contribution in [1.82, 2.24) is 10.2 Å². The summed E-state index contributed by atoms with van der Waals surface area (Å²) in [6.45, 7) is 9.68. The molecule has 0 rings (SSSR count). The monoisotopic (exact) mass is 244 g/mol. The van der Waals surface area contributed by atoms with E-state index in [1.54, 1.807) is 0 Å². The first kappa shape index (κ1) is 16.4. The first-order valence-electron chi connectivity index (χ1n) is 6.43. The fourth-order valence-corrected chi connectivity index (χ4v) is 1.74. The Labute approximate surface area is 106 Å². The standard InChI is InChI=1S/C13H28N2O2/c1-7-17-13(16)8-11(4)14-12(10(2)3)9-15(5)6/h10-12,14H,7-9H2,1-6H3. The van der Waals surface area contributed by atoms with E-state index < -0.39 is 0 Å². The highest BCUT2D eigenvalue weighted by Crippen LogP contribution is 2.06. The van der Waals surface area contributed by atoms with Gasteiger partial charge in [-0.2, -0.15) is 0 Å². The van der Waals surface area contributed by atoms with Crippen LogP contribution in [-0.4, -0.2) is 50.2 Å². The van der Waals surface area contributed by atoms with Crippen LogP contribution in [0.1, 0.15) is 34.1 Å². The van der Waals surface area contributed by atoms with Crippen LogP contribution in [0.25, 0.3) is 0 Å². The van der Waals surface area contributed by atoms with Gasteiger partial charge in [0, 0.05) is 18.6 Å². The number of esters is 1. The van der Waals surface area contributed by atoms with Gasteiger partial charge in [-0.15, -0.1) is 0 Å². The van der Waals surface area contributed by atoms with Gasteiger partial charge in [0.25, 0.3) is 0 Å². The van der Waals surface area contributed by atoms with Crippen molar-refractivity contribution in [3.05, 3.63) is 0 Å². The summed E-state index contributed by atoms with van der Waals surface area (Å²) in [6.07, 6.45) is 0.435. The summed E-state index contributed by atoms with van der Waals surface area (Å²) in [5.41, 5.74) is 0. The molecule has 0 heterocycles. The van der Waals surface area contributed by atoms with E-state index in [9.17, 15) is 4.79 Å². The minimum atomic E-state index is -0.125. The summed E-state index contributed by atoms with van der Waals surface area (Å²) in [6, 6.07) is 0.552. The van der Waals surface area contributed by atoms with Crippen LogP contribution >= 0.6 is 0 Å². The molecule has 0 bridgehead atoms. The lowest BCUT2D eigenvalue weighted by molar-refractivity contribution is -0.143. The summed E-state index contributed by atoms with van der Waals surface area (Å²) in [7, 11) is 4.13. The minimum absolute atomic E-state index is 0.125. The van der Waals surface area contributed by atoms with Crippen LogP contribution in [0.4, 0.5) is 0 Å². The maximum Gasteiger partial charge on any atom is 0.307 e. The molecular formula is C13H28N2O2. The minimum Gasteiger partial charge on any atom is -0.466 e. The number of nitrogens with zero attached hydrogens (tertiary/aromatic N) is 1. The van der Waals surface area contributed by atoms with Crippen LogP contribution in [0, 0.1) is 5.92 Å². The lowest BCUT2D eigenvalue weighted by Crippen LogP contribution is -2.46. The third kappa shape index (κ3) is 8.16. The predicted molar refractivity (Wildman–Crippen MR) is 71.0 cm³/mol. The van der Waals surface area contributed by atoms with E-state index in [0.717, 1.165) is 6.54 Å². The van der Waals surface area contributed by atoms with Crippen LogP contribution in [0.15, 0.2) is 0 Å². The lowest BCUT2D eigenvalue weighted by Gasteiger charge is -2.28. The van der Waals surface area contributed by atoms with E-state index in [-0.39, 0.29) is 12.0 Å². The zero-order valence-electron chi connectivity index (χ0n) is 12.1. The first-order chi connectivity index (χ1) is 7.86.